The summed E-state index contributed by atoms with van der Waals surface area (Å²) in [6, 6.07) is 5.98. The number of hydrogen-bond acceptors (Lipinski definition) is 3. The standard InChI is InChI=1S/C15H14FNOS/c16-14-4-1-9(8-17)5-13(14)15(18)10-6-11-2-3-12(7-10)19-11/h1,4-5,10-12H,2-3,6-7H2. The van der Waals surface area contributed by atoms with Crippen molar-refractivity contribution in [1.82, 2.24) is 0 Å². The average Bonchev–Trinajstić information content (AvgIpc) is 2.77. The van der Waals surface area contributed by atoms with Crippen LogP contribution in [0.4, 0.5) is 4.39 Å². The molecule has 0 spiro atoms. The molecule has 0 aliphatic carbocycles. The van der Waals surface area contributed by atoms with Gasteiger partial charge in [-0.3, -0.25) is 4.79 Å². The van der Waals surface area contributed by atoms with Crippen LogP contribution in [-0.2, 0) is 0 Å². The van der Waals surface area contributed by atoms with Gasteiger partial charge in [-0.25, -0.2) is 4.39 Å². The maximum atomic E-state index is 13.8. The van der Waals surface area contributed by atoms with Crippen LogP contribution in [0.15, 0.2) is 18.2 Å². The second-order valence-corrected chi connectivity index (χ2v) is 6.90. The maximum absolute atomic E-state index is 13.8. The van der Waals surface area contributed by atoms with E-state index < -0.39 is 5.82 Å². The molecule has 2 nitrogen and oxygen atoms in total. The van der Waals surface area contributed by atoms with Crippen molar-refractivity contribution in [2.75, 3.05) is 0 Å². The predicted octanol–water partition coefficient (Wildman–Crippen LogP) is 3.55. The van der Waals surface area contributed by atoms with Crippen LogP contribution < -0.4 is 0 Å². The highest BCUT2D eigenvalue weighted by atomic mass is 32.2. The molecule has 2 aliphatic heterocycles. The second-order valence-electron chi connectivity index (χ2n) is 5.30. The summed E-state index contributed by atoms with van der Waals surface area (Å²) in [6.07, 6.45) is 4.08. The predicted molar refractivity (Wildman–Crippen MR) is 72.6 cm³/mol. The molecule has 0 saturated carbocycles. The number of nitriles is 1. The fraction of sp³-hybridized carbons (Fsp3) is 0.467. The lowest BCUT2D eigenvalue weighted by Gasteiger charge is -2.26. The molecule has 0 radical (unpaired) electrons. The first-order valence-corrected chi connectivity index (χ1v) is 7.51. The summed E-state index contributed by atoms with van der Waals surface area (Å²) in [4.78, 5) is 12.4. The molecule has 98 valence electrons. The topological polar surface area (TPSA) is 40.9 Å². The van der Waals surface area contributed by atoms with E-state index in [2.05, 4.69) is 0 Å². The van der Waals surface area contributed by atoms with E-state index in [0.29, 0.717) is 16.1 Å². The number of carbonyl (C=O) groups is 1. The molecule has 2 fully saturated rings. The third-order valence-corrected chi connectivity index (χ3v) is 5.65. The van der Waals surface area contributed by atoms with Crippen molar-refractivity contribution >= 4 is 17.5 Å². The van der Waals surface area contributed by atoms with Crippen LogP contribution in [0.25, 0.3) is 0 Å². The normalized spacial score (nSPS) is 28.9. The number of rotatable bonds is 2. The lowest BCUT2D eigenvalue weighted by Crippen LogP contribution is -2.25. The van der Waals surface area contributed by atoms with Gasteiger partial charge in [0, 0.05) is 16.4 Å². The summed E-state index contributed by atoms with van der Waals surface area (Å²) in [6.45, 7) is 0. The highest BCUT2D eigenvalue weighted by Gasteiger charge is 2.38. The molecule has 1 aromatic carbocycles. The maximum Gasteiger partial charge on any atom is 0.169 e. The van der Waals surface area contributed by atoms with Crippen molar-refractivity contribution in [2.24, 2.45) is 5.92 Å². The molecule has 2 saturated heterocycles. The van der Waals surface area contributed by atoms with Gasteiger partial charge >= 0.3 is 0 Å². The number of fused-ring (bicyclic) bond motifs is 2. The number of carbonyl (C=O) groups excluding carboxylic acids is 1. The number of hydrogen-bond donors (Lipinski definition) is 0. The minimum absolute atomic E-state index is 0.0674. The Labute approximate surface area is 116 Å². The zero-order valence-electron chi connectivity index (χ0n) is 10.4. The Morgan fingerprint density at radius 2 is 2.00 bits per heavy atom. The van der Waals surface area contributed by atoms with Crippen LogP contribution in [0.3, 0.4) is 0 Å². The van der Waals surface area contributed by atoms with Gasteiger partial charge in [-0.05, 0) is 43.9 Å². The molecule has 2 atom stereocenters. The van der Waals surface area contributed by atoms with Crippen molar-refractivity contribution < 1.29 is 9.18 Å². The van der Waals surface area contributed by atoms with E-state index in [0.717, 1.165) is 12.8 Å². The molecule has 2 unspecified atom stereocenters. The first kappa shape index (κ1) is 12.7. The van der Waals surface area contributed by atoms with Gasteiger partial charge in [-0.1, -0.05) is 0 Å². The van der Waals surface area contributed by atoms with E-state index in [-0.39, 0.29) is 17.3 Å². The van der Waals surface area contributed by atoms with Gasteiger partial charge in [-0.2, -0.15) is 17.0 Å². The van der Waals surface area contributed by atoms with Crippen molar-refractivity contribution in [3.8, 4) is 6.07 Å². The molecule has 4 heteroatoms. The summed E-state index contributed by atoms with van der Waals surface area (Å²) in [5, 5.41) is 9.98. The molecule has 0 aromatic heterocycles. The number of nitrogens with zero attached hydrogens (tertiary/aromatic N) is 1. The van der Waals surface area contributed by atoms with E-state index in [9.17, 15) is 9.18 Å². The Kier molecular flexibility index (Phi) is 3.32. The summed E-state index contributed by atoms with van der Waals surface area (Å²) >= 11 is 1.98. The molecule has 1 aromatic rings. The van der Waals surface area contributed by atoms with Crippen molar-refractivity contribution in [3.63, 3.8) is 0 Å². The van der Waals surface area contributed by atoms with Crippen LogP contribution in [0.5, 0.6) is 0 Å². The molecule has 2 heterocycles. The largest absolute Gasteiger partial charge is 0.294 e. The molecule has 2 aliphatic rings. The number of benzene rings is 1. The van der Waals surface area contributed by atoms with E-state index in [1.807, 2.05) is 17.8 Å². The fourth-order valence-corrected chi connectivity index (χ4v) is 4.85. The summed E-state index contributed by atoms with van der Waals surface area (Å²) in [7, 11) is 0. The first-order valence-electron chi connectivity index (χ1n) is 6.56. The van der Waals surface area contributed by atoms with Gasteiger partial charge in [0.25, 0.3) is 0 Å². The second kappa shape index (κ2) is 4.97. The lowest BCUT2D eigenvalue weighted by molar-refractivity contribution is 0.0902. The van der Waals surface area contributed by atoms with E-state index >= 15 is 0 Å². The first-order chi connectivity index (χ1) is 9.17. The minimum atomic E-state index is -0.505. The SMILES string of the molecule is N#Cc1ccc(F)c(C(=O)C2CC3CCC(C2)S3)c1. The summed E-state index contributed by atoms with van der Waals surface area (Å²) < 4.78 is 13.8. The molecule has 2 bridgehead atoms. The number of ketones is 1. The van der Waals surface area contributed by atoms with Gasteiger partial charge in [0.2, 0.25) is 0 Å². The van der Waals surface area contributed by atoms with Crippen molar-refractivity contribution in [3.05, 3.63) is 35.1 Å². The third kappa shape index (κ3) is 2.40. The lowest BCUT2D eigenvalue weighted by atomic mass is 9.89. The van der Waals surface area contributed by atoms with Gasteiger partial charge < -0.3 is 0 Å². The molecular formula is C15H14FNOS. The summed E-state index contributed by atoms with van der Waals surface area (Å²) in [5.74, 6) is -0.691. The molecule has 0 amide bonds. The zero-order chi connectivity index (χ0) is 13.4. The van der Waals surface area contributed by atoms with Gasteiger partial charge in [0.1, 0.15) is 5.82 Å². The Hall–Kier alpha value is -1.34. The monoisotopic (exact) mass is 275 g/mol. The average molecular weight is 275 g/mol. The molecule has 0 N–H and O–H groups in total. The van der Waals surface area contributed by atoms with Crippen molar-refractivity contribution in [2.45, 2.75) is 36.2 Å². The fourth-order valence-electron chi connectivity index (χ4n) is 3.08. The van der Waals surface area contributed by atoms with Crippen LogP contribution >= 0.6 is 11.8 Å². The summed E-state index contributed by atoms with van der Waals surface area (Å²) in [5.41, 5.74) is 0.438. The number of halogens is 1. The van der Waals surface area contributed by atoms with Crippen LogP contribution in [0.1, 0.15) is 41.6 Å². The minimum Gasteiger partial charge on any atom is -0.294 e. The van der Waals surface area contributed by atoms with E-state index in [1.54, 1.807) is 0 Å². The van der Waals surface area contributed by atoms with Gasteiger partial charge in [0.05, 0.1) is 17.2 Å². The third-order valence-electron chi connectivity index (χ3n) is 4.02. The van der Waals surface area contributed by atoms with E-state index in [1.165, 1.54) is 31.0 Å². The molecule has 3 rings (SSSR count). The van der Waals surface area contributed by atoms with Crippen LogP contribution in [0, 0.1) is 23.1 Å². The number of Topliss-reactive ketones (excluding diaryl/α,β-unsaturated/α-hetero) is 1. The Morgan fingerprint density at radius 3 is 2.63 bits per heavy atom. The van der Waals surface area contributed by atoms with Gasteiger partial charge in [0.15, 0.2) is 5.78 Å². The van der Waals surface area contributed by atoms with Crippen LogP contribution in [-0.4, -0.2) is 16.3 Å². The highest BCUT2D eigenvalue weighted by molar-refractivity contribution is 8.00. The zero-order valence-corrected chi connectivity index (χ0v) is 11.3. The Bertz CT molecular complexity index is 554. The Morgan fingerprint density at radius 1 is 1.32 bits per heavy atom. The number of thioether (sulfide) groups is 1. The van der Waals surface area contributed by atoms with Crippen LogP contribution in [0.2, 0.25) is 0 Å². The molecule has 19 heavy (non-hydrogen) atoms. The quantitative estimate of drug-likeness (QED) is 0.775. The van der Waals surface area contributed by atoms with Crippen molar-refractivity contribution in [1.29, 1.82) is 5.26 Å². The van der Waals surface area contributed by atoms with E-state index in [4.69, 9.17) is 5.26 Å². The molecular weight excluding hydrogens is 261 g/mol. The Balaban J connectivity index is 1.86. The van der Waals surface area contributed by atoms with Gasteiger partial charge in [-0.15, -0.1) is 0 Å². The highest BCUT2D eigenvalue weighted by Crippen LogP contribution is 2.46. The smallest absolute Gasteiger partial charge is 0.169 e.